The molecule has 2 unspecified atom stereocenters. The second-order valence-electron chi connectivity index (χ2n) is 5.63. The van der Waals surface area contributed by atoms with Crippen LogP contribution in [0.2, 0.25) is 0 Å². The standard InChI is InChI=1S/C16H26N2O/c1-12-5-6-15(9-13(12)2)16(17-4)11-18-7-8-19-14(3)10-18/h5-6,9,14,16-17H,7-8,10-11H2,1-4H3. The maximum atomic E-state index is 5.60. The minimum atomic E-state index is 0.353. The molecule has 0 amide bonds. The first kappa shape index (κ1) is 14.5. The van der Waals surface area contributed by atoms with E-state index in [0.717, 1.165) is 26.2 Å². The molecule has 0 aromatic heterocycles. The van der Waals surface area contributed by atoms with Gasteiger partial charge in [0.25, 0.3) is 0 Å². The maximum absolute atomic E-state index is 5.60. The summed E-state index contributed by atoms with van der Waals surface area (Å²) >= 11 is 0. The smallest absolute Gasteiger partial charge is 0.0674 e. The number of aryl methyl sites for hydroxylation is 2. The second-order valence-corrected chi connectivity index (χ2v) is 5.63. The highest BCUT2D eigenvalue weighted by Gasteiger charge is 2.20. The first-order valence-corrected chi connectivity index (χ1v) is 7.18. The number of nitrogens with zero attached hydrogens (tertiary/aromatic N) is 1. The Morgan fingerprint density at radius 2 is 2.16 bits per heavy atom. The molecule has 19 heavy (non-hydrogen) atoms. The van der Waals surface area contributed by atoms with E-state index in [9.17, 15) is 0 Å². The van der Waals surface area contributed by atoms with Crippen LogP contribution in [0.5, 0.6) is 0 Å². The zero-order valence-electron chi connectivity index (χ0n) is 12.6. The molecule has 1 aliphatic rings. The first-order valence-electron chi connectivity index (χ1n) is 7.18. The van der Waals surface area contributed by atoms with Crippen LogP contribution in [0, 0.1) is 13.8 Å². The second kappa shape index (κ2) is 6.51. The Balaban J connectivity index is 2.04. The zero-order chi connectivity index (χ0) is 13.8. The lowest BCUT2D eigenvalue weighted by Crippen LogP contribution is -2.44. The van der Waals surface area contributed by atoms with Gasteiger partial charge in [-0.25, -0.2) is 0 Å². The number of benzene rings is 1. The van der Waals surface area contributed by atoms with Crippen molar-refractivity contribution >= 4 is 0 Å². The van der Waals surface area contributed by atoms with Crippen molar-refractivity contribution < 1.29 is 4.74 Å². The molecule has 0 radical (unpaired) electrons. The van der Waals surface area contributed by atoms with Crippen molar-refractivity contribution in [3.63, 3.8) is 0 Å². The summed E-state index contributed by atoms with van der Waals surface area (Å²) in [5.74, 6) is 0. The molecule has 0 saturated carbocycles. The van der Waals surface area contributed by atoms with E-state index < -0.39 is 0 Å². The zero-order valence-corrected chi connectivity index (χ0v) is 12.6. The fourth-order valence-electron chi connectivity index (χ4n) is 2.66. The summed E-state index contributed by atoms with van der Waals surface area (Å²) < 4.78 is 5.60. The number of hydrogen-bond acceptors (Lipinski definition) is 3. The van der Waals surface area contributed by atoms with Gasteiger partial charge in [-0.3, -0.25) is 4.90 Å². The predicted molar refractivity (Wildman–Crippen MR) is 79.6 cm³/mol. The van der Waals surface area contributed by atoms with E-state index in [1.807, 2.05) is 7.05 Å². The number of ether oxygens (including phenoxy) is 1. The van der Waals surface area contributed by atoms with E-state index in [4.69, 9.17) is 4.74 Å². The molecule has 0 bridgehead atoms. The molecule has 3 nitrogen and oxygen atoms in total. The highest BCUT2D eigenvalue weighted by Crippen LogP contribution is 2.19. The largest absolute Gasteiger partial charge is 0.376 e. The van der Waals surface area contributed by atoms with Gasteiger partial charge in [0, 0.05) is 25.7 Å². The lowest BCUT2D eigenvalue weighted by molar-refractivity contribution is -0.0208. The third-order valence-corrected chi connectivity index (χ3v) is 4.05. The topological polar surface area (TPSA) is 24.5 Å². The molecule has 2 rings (SSSR count). The Kier molecular flexibility index (Phi) is 4.97. The summed E-state index contributed by atoms with van der Waals surface area (Å²) in [7, 11) is 2.05. The van der Waals surface area contributed by atoms with Gasteiger partial charge in [-0.1, -0.05) is 18.2 Å². The van der Waals surface area contributed by atoms with E-state index in [1.165, 1.54) is 16.7 Å². The van der Waals surface area contributed by atoms with Crippen molar-refractivity contribution in [3.8, 4) is 0 Å². The third kappa shape index (κ3) is 3.78. The van der Waals surface area contributed by atoms with Crippen LogP contribution in [-0.4, -0.2) is 44.3 Å². The van der Waals surface area contributed by atoms with Crippen LogP contribution in [0.3, 0.4) is 0 Å². The Labute approximate surface area is 116 Å². The number of rotatable bonds is 4. The highest BCUT2D eigenvalue weighted by molar-refractivity contribution is 5.31. The van der Waals surface area contributed by atoms with Crippen molar-refractivity contribution in [1.29, 1.82) is 0 Å². The normalized spacial score (nSPS) is 22.4. The Morgan fingerprint density at radius 1 is 1.37 bits per heavy atom. The highest BCUT2D eigenvalue weighted by atomic mass is 16.5. The molecular formula is C16H26N2O. The van der Waals surface area contributed by atoms with Gasteiger partial charge < -0.3 is 10.1 Å². The molecule has 1 fully saturated rings. The Hall–Kier alpha value is -0.900. The average molecular weight is 262 g/mol. The van der Waals surface area contributed by atoms with Crippen molar-refractivity contribution in [3.05, 3.63) is 34.9 Å². The summed E-state index contributed by atoms with van der Waals surface area (Å²) in [5, 5.41) is 3.44. The Bertz CT molecular complexity index is 419. The van der Waals surface area contributed by atoms with Crippen LogP contribution < -0.4 is 5.32 Å². The van der Waals surface area contributed by atoms with Crippen LogP contribution in [0.15, 0.2) is 18.2 Å². The lowest BCUT2D eigenvalue weighted by atomic mass is 10.0. The van der Waals surface area contributed by atoms with Gasteiger partial charge in [-0.2, -0.15) is 0 Å². The van der Waals surface area contributed by atoms with Crippen LogP contribution in [-0.2, 0) is 4.74 Å². The molecule has 1 aromatic rings. The lowest BCUT2D eigenvalue weighted by Gasteiger charge is -2.33. The Morgan fingerprint density at radius 3 is 2.79 bits per heavy atom. The van der Waals surface area contributed by atoms with Crippen molar-refractivity contribution in [2.75, 3.05) is 33.3 Å². The summed E-state index contributed by atoms with van der Waals surface area (Å²) in [4.78, 5) is 2.49. The van der Waals surface area contributed by atoms with Crippen LogP contribution in [0.1, 0.15) is 29.7 Å². The SMILES string of the molecule is CNC(CN1CCOC(C)C1)c1ccc(C)c(C)c1. The fraction of sp³-hybridized carbons (Fsp3) is 0.625. The summed E-state index contributed by atoms with van der Waals surface area (Å²) in [6.07, 6.45) is 0.353. The quantitative estimate of drug-likeness (QED) is 0.901. The number of likely N-dealkylation sites (N-methyl/N-ethyl adjacent to an activating group) is 1. The minimum absolute atomic E-state index is 0.353. The predicted octanol–water partition coefficient (Wildman–Crippen LogP) is 2.28. The molecule has 2 atom stereocenters. The van der Waals surface area contributed by atoms with Gasteiger partial charge in [-0.15, -0.1) is 0 Å². The van der Waals surface area contributed by atoms with Crippen molar-refractivity contribution in [1.82, 2.24) is 10.2 Å². The summed E-state index contributed by atoms with van der Waals surface area (Å²) in [6, 6.07) is 7.16. The van der Waals surface area contributed by atoms with E-state index in [2.05, 4.69) is 49.2 Å². The molecule has 1 aliphatic heterocycles. The van der Waals surface area contributed by atoms with Gasteiger partial charge in [-0.05, 0) is 44.5 Å². The first-order chi connectivity index (χ1) is 9.10. The molecule has 1 aromatic carbocycles. The van der Waals surface area contributed by atoms with Gasteiger partial charge in [0.15, 0.2) is 0 Å². The molecule has 106 valence electrons. The number of morpholine rings is 1. The van der Waals surface area contributed by atoms with Crippen LogP contribution >= 0.6 is 0 Å². The molecule has 1 N–H and O–H groups in total. The monoisotopic (exact) mass is 262 g/mol. The number of nitrogens with one attached hydrogen (secondary N) is 1. The molecule has 0 spiro atoms. The number of hydrogen-bond donors (Lipinski definition) is 1. The van der Waals surface area contributed by atoms with E-state index >= 15 is 0 Å². The molecule has 1 saturated heterocycles. The van der Waals surface area contributed by atoms with Gasteiger partial charge in [0.2, 0.25) is 0 Å². The summed E-state index contributed by atoms with van der Waals surface area (Å²) in [5.41, 5.74) is 4.11. The molecule has 3 heteroatoms. The van der Waals surface area contributed by atoms with Crippen molar-refractivity contribution in [2.45, 2.75) is 32.9 Å². The fourth-order valence-corrected chi connectivity index (χ4v) is 2.66. The van der Waals surface area contributed by atoms with E-state index in [-0.39, 0.29) is 0 Å². The third-order valence-electron chi connectivity index (χ3n) is 4.05. The van der Waals surface area contributed by atoms with Gasteiger partial charge >= 0.3 is 0 Å². The van der Waals surface area contributed by atoms with Gasteiger partial charge in [0.1, 0.15) is 0 Å². The molecular weight excluding hydrogens is 236 g/mol. The molecule has 1 heterocycles. The van der Waals surface area contributed by atoms with Crippen molar-refractivity contribution in [2.24, 2.45) is 0 Å². The van der Waals surface area contributed by atoms with Gasteiger partial charge in [0.05, 0.1) is 12.7 Å². The van der Waals surface area contributed by atoms with E-state index in [0.29, 0.717) is 12.1 Å². The average Bonchev–Trinajstić information content (AvgIpc) is 2.39. The van der Waals surface area contributed by atoms with E-state index in [1.54, 1.807) is 0 Å². The minimum Gasteiger partial charge on any atom is -0.376 e. The molecule has 0 aliphatic carbocycles. The summed E-state index contributed by atoms with van der Waals surface area (Å²) in [6.45, 7) is 10.5. The van der Waals surface area contributed by atoms with Crippen LogP contribution in [0.4, 0.5) is 0 Å². The van der Waals surface area contributed by atoms with Crippen LogP contribution in [0.25, 0.3) is 0 Å². The maximum Gasteiger partial charge on any atom is 0.0674 e.